The third-order valence-electron chi connectivity index (χ3n) is 5.49. The van der Waals surface area contributed by atoms with Gasteiger partial charge in [0.2, 0.25) is 0 Å². The number of furan rings is 1. The molecule has 0 spiro atoms. The zero-order valence-corrected chi connectivity index (χ0v) is 16.9. The van der Waals surface area contributed by atoms with Crippen molar-refractivity contribution in [1.29, 1.82) is 0 Å². The number of quaternary nitrogens is 1. The van der Waals surface area contributed by atoms with Crippen molar-refractivity contribution in [3.63, 3.8) is 0 Å². The monoisotopic (exact) mass is 388 g/mol. The molecule has 0 radical (unpaired) electrons. The lowest BCUT2D eigenvalue weighted by Crippen LogP contribution is -3.13. The molecule has 2 aromatic heterocycles. The molecule has 0 saturated carbocycles. The number of nitrogens with one attached hydrogen (secondary N) is 3. The van der Waals surface area contributed by atoms with Gasteiger partial charge in [0.05, 0.1) is 38.1 Å². The van der Waals surface area contributed by atoms with E-state index in [4.69, 9.17) is 9.15 Å². The molecule has 1 fully saturated rings. The van der Waals surface area contributed by atoms with E-state index >= 15 is 0 Å². The van der Waals surface area contributed by atoms with Crippen LogP contribution >= 0.6 is 0 Å². The van der Waals surface area contributed by atoms with Crippen LogP contribution in [-0.2, 0) is 4.74 Å². The lowest BCUT2D eigenvalue weighted by atomic mass is 10.1. The summed E-state index contributed by atoms with van der Waals surface area (Å²) in [5.41, 5.74) is 2.11. The van der Waals surface area contributed by atoms with Gasteiger partial charge in [0.25, 0.3) is 5.91 Å². The summed E-state index contributed by atoms with van der Waals surface area (Å²) in [7, 11) is 0. The van der Waals surface area contributed by atoms with Crippen molar-refractivity contribution in [2.45, 2.75) is 46.1 Å². The molecule has 1 atom stereocenters. The number of aromatic amines is 1. The first kappa shape index (κ1) is 20.2. The maximum atomic E-state index is 12.8. The molecule has 3 heterocycles. The number of rotatable bonds is 7. The molecule has 0 unspecified atom stereocenters. The fourth-order valence-corrected chi connectivity index (χ4v) is 4.06. The fraction of sp³-hybridized carbons (Fsp3) is 0.524. The summed E-state index contributed by atoms with van der Waals surface area (Å²) < 4.78 is 10.8. The molecular formula is C21H30N3O4+. The topological polar surface area (TPSA) is 88.8 Å². The van der Waals surface area contributed by atoms with Crippen LogP contribution in [0.2, 0.25) is 0 Å². The average Bonchev–Trinajstić information content (AvgIpc) is 3.31. The summed E-state index contributed by atoms with van der Waals surface area (Å²) in [6, 6.07) is 3.94. The summed E-state index contributed by atoms with van der Waals surface area (Å²) in [5.74, 6) is 0.270. The molecule has 0 aromatic carbocycles. The lowest BCUT2D eigenvalue weighted by Gasteiger charge is -2.30. The molecule has 1 saturated heterocycles. The summed E-state index contributed by atoms with van der Waals surface area (Å²) in [6.45, 7) is 8.25. The number of esters is 1. The van der Waals surface area contributed by atoms with Crippen molar-refractivity contribution in [1.82, 2.24) is 10.3 Å². The van der Waals surface area contributed by atoms with Gasteiger partial charge in [-0.05, 0) is 57.7 Å². The third kappa shape index (κ3) is 4.30. The molecule has 0 bridgehead atoms. The van der Waals surface area contributed by atoms with Crippen LogP contribution in [0.3, 0.4) is 0 Å². The molecule has 1 aliphatic heterocycles. The zero-order valence-electron chi connectivity index (χ0n) is 16.9. The number of H-pyrrole nitrogens is 1. The SMILES string of the molecule is CCOC(=O)c1c(C)[nH]c(C(=O)NC[C@H](c2ccco2)[NH+]2CCCCC2)c1C. The van der Waals surface area contributed by atoms with Crippen molar-refractivity contribution in [3.8, 4) is 0 Å². The number of carbonyl (C=O) groups is 2. The summed E-state index contributed by atoms with van der Waals surface area (Å²) in [4.78, 5) is 29.5. The van der Waals surface area contributed by atoms with Gasteiger partial charge in [-0.2, -0.15) is 0 Å². The Morgan fingerprint density at radius 3 is 2.68 bits per heavy atom. The van der Waals surface area contributed by atoms with E-state index in [0.29, 0.717) is 35.7 Å². The molecule has 152 valence electrons. The summed E-state index contributed by atoms with van der Waals surface area (Å²) in [5, 5.41) is 3.03. The van der Waals surface area contributed by atoms with Crippen molar-refractivity contribution < 1.29 is 23.6 Å². The Morgan fingerprint density at radius 1 is 1.29 bits per heavy atom. The van der Waals surface area contributed by atoms with Gasteiger partial charge < -0.3 is 24.4 Å². The minimum Gasteiger partial charge on any atom is -0.463 e. The minimum absolute atomic E-state index is 0.0835. The van der Waals surface area contributed by atoms with Gasteiger partial charge in [-0.3, -0.25) is 4.79 Å². The number of aryl methyl sites for hydroxylation is 1. The van der Waals surface area contributed by atoms with Crippen LogP contribution in [-0.4, -0.2) is 43.1 Å². The predicted octanol–water partition coefficient (Wildman–Crippen LogP) is 1.94. The number of aromatic nitrogens is 1. The van der Waals surface area contributed by atoms with Gasteiger partial charge in [0.15, 0.2) is 11.8 Å². The van der Waals surface area contributed by atoms with Gasteiger partial charge >= 0.3 is 5.97 Å². The molecule has 28 heavy (non-hydrogen) atoms. The normalized spacial score (nSPS) is 16.0. The van der Waals surface area contributed by atoms with Crippen molar-refractivity contribution in [3.05, 3.63) is 46.7 Å². The fourth-order valence-electron chi connectivity index (χ4n) is 4.06. The second kappa shape index (κ2) is 9.10. The first-order chi connectivity index (χ1) is 13.5. The molecule has 2 aromatic rings. The highest BCUT2D eigenvalue weighted by molar-refractivity contribution is 6.00. The standard InChI is InChI=1S/C21H29N3O4/c1-4-27-21(26)18-14(2)19(23-15(18)3)20(25)22-13-16(17-9-8-12-28-17)24-10-6-5-7-11-24/h8-9,12,16,23H,4-7,10-11,13H2,1-3H3,(H,22,25)/p+1/t16-/m1/s1. The van der Waals surface area contributed by atoms with Crippen LogP contribution in [0.5, 0.6) is 0 Å². The summed E-state index contributed by atoms with van der Waals surface area (Å²) >= 11 is 0. The van der Waals surface area contributed by atoms with Crippen LogP contribution in [0.15, 0.2) is 22.8 Å². The van der Waals surface area contributed by atoms with Gasteiger partial charge in [-0.15, -0.1) is 0 Å². The second-order valence-electron chi connectivity index (χ2n) is 7.34. The van der Waals surface area contributed by atoms with Crippen molar-refractivity contribution >= 4 is 11.9 Å². The lowest BCUT2D eigenvalue weighted by molar-refractivity contribution is -0.936. The number of ether oxygens (including phenoxy) is 1. The first-order valence-electron chi connectivity index (χ1n) is 10.0. The zero-order chi connectivity index (χ0) is 20.1. The highest BCUT2D eigenvalue weighted by Gasteiger charge is 2.30. The number of likely N-dealkylation sites (tertiary alicyclic amines) is 1. The Hall–Kier alpha value is -2.54. The number of piperidine rings is 1. The van der Waals surface area contributed by atoms with E-state index in [2.05, 4.69) is 10.3 Å². The smallest absolute Gasteiger partial charge is 0.340 e. The van der Waals surface area contributed by atoms with Crippen LogP contribution in [0, 0.1) is 13.8 Å². The van der Waals surface area contributed by atoms with Gasteiger partial charge in [0.1, 0.15) is 5.69 Å². The van der Waals surface area contributed by atoms with E-state index in [1.807, 2.05) is 12.1 Å². The van der Waals surface area contributed by atoms with Crippen LogP contribution in [0.1, 0.15) is 70.1 Å². The quantitative estimate of drug-likeness (QED) is 0.633. The first-order valence-corrected chi connectivity index (χ1v) is 10.0. The van der Waals surface area contributed by atoms with Crippen molar-refractivity contribution in [2.75, 3.05) is 26.2 Å². The number of hydrogen-bond acceptors (Lipinski definition) is 4. The Morgan fingerprint density at radius 2 is 2.04 bits per heavy atom. The molecule has 0 aliphatic carbocycles. The minimum atomic E-state index is -0.404. The van der Waals surface area contributed by atoms with E-state index in [0.717, 1.165) is 18.8 Å². The van der Waals surface area contributed by atoms with Crippen LogP contribution in [0.4, 0.5) is 0 Å². The molecule has 7 nitrogen and oxygen atoms in total. The predicted molar refractivity (Wildman–Crippen MR) is 105 cm³/mol. The average molecular weight is 388 g/mol. The Balaban J connectivity index is 1.73. The maximum absolute atomic E-state index is 12.8. The van der Waals surface area contributed by atoms with E-state index in [9.17, 15) is 9.59 Å². The molecule has 1 aliphatic rings. The second-order valence-corrected chi connectivity index (χ2v) is 7.34. The van der Waals surface area contributed by atoms with Gasteiger partial charge in [-0.1, -0.05) is 0 Å². The van der Waals surface area contributed by atoms with E-state index < -0.39 is 5.97 Å². The summed E-state index contributed by atoms with van der Waals surface area (Å²) in [6.07, 6.45) is 5.33. The van der Waals surface area contributed by atoms with Crippen LogP contribution < -0.4 is 10.2 Å². The van der Waals surface area contributed by atoms with Crippen molar-refractivity contribution in [2.24, 2.45) is 0 Å². The largest absolute Gasteiger partial charge is 0.463 e. The van der Waals surface area contributed by atoms with Gasteiger partial charge in [-0.25, -0.2) is 4.79 Å². The highest BCUT2D eigenvalue weighted by Crippen LogP contribution is 2.19. The highest BCUT2D eigenvalue weighted by atomic mass is 16.5. The molecule has 3 N–H and O–H groups in total. The van der Waals surface area contributed by atoms with Crippen LogP contribution in [0.25, 0.3) is 0 Å². The van der Waals surface area contributed by atoms with Gasteiger partial charge in [0, 0.05) is 5.69 Å². The molecule has 1 amide bonds. The van der Waals surface area contributed by atoms with E-state index in [1.54, 1.807) is 27.0 Å². The number of carbonyl (C=O) groups excluding carboxylic acids is 2. The van der Waals surface area contributed by atoms with E-state index in [-0.39, 0.29) is 11.9 Å². The number of amides is 1. The molecular weight excluding hydrogens is 358 g/mol. The van der Waals surface area contributed by atoms with E-state index in [1.165, 1.54) is 24.2 Å². The number of hydrogen-bond donors (Lipinski definition) is 3. The maximum Gasteiger partial charge on any atom is 0.340 e. The molecule has 3 rings (SSSR count). The Kier molecular flexibility index (Phi) is 6.57. The Labute approximate surface area is 165 Å². The third-order valence-corrected chi connectivity index (χ3v) is 5.49. The molecule has 7 heteroatoms. The Bertz CT molecular complexity index is 804.